The maximum atomic E-state index is 14.1. The van der Waals surface area contributed by atoms with E-state index in [1.54, 1.807) is 18.2 Å². The Morgan fingerprint density at radius 3 is 1.33 bits per heavy atom. The summed E-state index contributed by atoms with van der Waals surface area (Å²) in [5.41, 5.74) is 0.491. The summed E-state index contributed by atoms with van der Waals surface area (Å²) < 4.78 is 37.9. The fourth-order valence-corrected chi connectivity index (χ4v) is 8.97. The smallest absolute Gasteiger partial charge is 0.189 e. The zero-order valence-electron chi connectivity index (χ0n) is 16.2. The lowest BCUT2D eigenvalue weighted by Gasteiger charge is -2.28. The Morgan fingerprint density at radius 2 is 0.933 bits per heavy atom. The van der Waals surface area contributed by atoms with Crippen LogP contribution in [0.1, 0.15) is 5.56 Å². The van der Waals surface area contributed by atoms with Gasteiger partial charge >= 0.3 is 10.2 Å². The standard InChI is InChI=1S/C25H21FO2PS/c26-30(27,28)25-19-11-10-12-21(25)20-29(22-13-4-1-5-14-22,23-15-6-2-7-16-23)24-17-8-3-9-18-24/h1-19H,20H2/q+1. The molecule has 30 heavy (non-hydrogen) atoms. The molecule has 4 rings (SSSR count). The molecule has 0 saturated heterocycles. The Balaban J connectivity index is 2.05. The molecule has 0 atom stereocenters. The van der Waals surface area contributed by atoms with Gasteiger partial charge in [-0.3, -0.25) is 0 Å². The number of rotatable bonds is 6. The predicted octanol–water partition coefficient (Wildman–Crippen LogP) is 4.84. The van der Waals surface area contributed by atoms with Crippen LogP contribution >= 0.6 is 7.26 Å². The van der Waals surface area contributed by atoms with Crippen LogP contribution in [0.5, 0.6) is 0 Å². The zero-order valence-corrected chi connectivity index (χ0v) is 17.9. The van der Waals surface area contributed by atoms with Crippen molar-refractivity contribution in [3.63, 3.8) is 0 Å². The fourth-order valence-electron chi connectivity index (χ4n) is 3.90. The first-order valence-corrected chi connectivity index (χ1v) is 12.9. The SMILES string of the molecule is O=S(=O)(F)c1ccccc1C[P+](c1ccccc1)(c1ccccc1)c1ccccc1. The molecule has 0 radical (unpaired) electrons. The third-order valence-corrected chi connectivity index (χ3v) is 10.5. The zero-order chi connectivity index (χ0) is 21.0. The summed E-state index contributed by atoms with van der Waals surface area (Å²) >= 11 is 0. The summed E-state index contributed by atoms with van der Waals surface area (Å²) in [5.74, 6) is 0. The van der Waals surface area contributed by atoms with Crippen LogP contribution in [0.3, 0.4) is 0 Å². The molecule has 0 N–H and O–H groups in total. The van der Waals surface area contributed by atoms with Crippen molar-refractivity contribution < 1.29 is 12.3 Å². The van der Waals surface area contributed by atoms with E-state index in [0.717, 1.165) is 15.9 Å². The van der Waals surface area contributed by atoms with E-state index in [1.165, 1.54) is 6.07 Å². The molecule has 2 nitrogen and oxygen atoms in total. The molecule has 0 bridgehead atoms. The van der Waals surface area contributed by atoms with Gasteiger partial charge in [-0.05, 0) is 42.5 Å². The minimum absolute atomic E-state index is 0.253. The Bertz CT molecular complexity index is 1130. The highest BCUT2D eigenvalue weighted by molar-refractivity contribution is 7.95. The van der Waals surface area contributed by atoms with E-state index in [9.17, 15) is 12.3 Å². The van der Waals surface area contributed by atoms with Gasteiger partial charge in [0.1, 0.15) is 28.1 Å². The van der Waals surface area contributed by atoms with Crippen molar-refractivity contribution in [1.82, 2.24) is 0 Å². The monoisotopic (exact) mass is 435 g/mol. The van der Waals surface area contributed by atoms with E-state index in [1.807, 2.05) is 54.6 Å². The summed E-state index contributed by atoms with van der Waals surface area (Å²) in [7, 11) is -7.14. The second-order valence-corrected chi connectivity index (χ2v) is 11.8. The Hall–Kier alpha value is -2.81. The summed E-state index contributed by atoms with van der Waals surface area (Å²) in [5, 5.41) is 3.36. The lowest BCUT2D eigenvalue weighted by atomic mass is 10.2. The van der Waals surface area contributed by atoms with Crippen LogP contribution in [-0.4, -0.2) is 8.42 Å². The van der Waals surface area contributed by atoms with Crippen LogP contribution in [0.15, 0.2) is 120 Å². The average molecular weight is 435 g/mol. The summed E-state index contributed by atoms with van der Waals surface area (Å²) in [6, 6.07) is 36.8. The van der Waals surface area contributed by atoms with Gasteiger partial charge in [-0.1, -0.05) is 72.8 Å². The van der Waals surface area contributed by atoms with Gasteiger partial charge in [0, 0.05) is 5.56 Å². The maximum absolute atomic E-state index is 14.1. The van der Waals surface area contributed by atoms with E-state index in [2.05, 4.69) is 36.4 Å². The largest absolute Gasteiger partial charge is 0.332 e. The molecular weight excluding hydrogens is 414 g/mol. The summed E-state index contributed by atoms with van der Waals surface area (Å²) in [6.07, 6.45) is 0.407. The molecule has 0 aliphatic heterocycles. The Morgan fingerprint density at radius 1 is 0.567 bits per heavy atom. The second-order valence-electron chi connectivity index (χ2n) is 7.02. The van der Waals surface area contributed by atoms with Crippen molar-refractivity contribution in [1.29, 1.82) is 0 Å². The van der Waals surface area contributed by atoms with Crippen LogP contribution in [0.4, 0.5) is 3.89 Å². The third kappa shape index (κ3) is 3.94. The van der Waals surface area contributed by atoms with Crippen LogP contribution in [0, 0.1) is 0 Å². The highest BCUT2D eigenvalue weighted by Gasteiger charge is 2.46. The first-order chi connectivity index (χ1) is 14.5. The average Bonchev–Trinajstić information content (AvgIpc) is 2.79. The Kier molecular flexibility index (Phi) is 5.80. The molecule has 5 heteroatoms. The second kappa shape index (κ2) is 8.51. The topological polar surface area (TPSA) is 34.1 Å². The van der Waals surface area contributed by atoms with Crippen LogP contribution < -0.4 is 15.9 Å². The number of halogens is 1. The highest BCUT2D eigenvalue weighted by atomic mass is 32.3. The molecule has 0 fully saturated rings. The molecule has 0 aliphatic rings. The predicted molar refractivity (Wildman–Crippen MR) is 124 cm³/mol. The van der Waals surface area contributed by atoms with Gasteiger partial charge in [-0.25, -0.2) is 0 Å². The third-order valence-electron chi connectivity index (χ3n) is 5.23. The molecule has 0 spiro atoms. The molecule has 0 unspecified atom stereocenters. The van der Waals surface area contributed by atoms with Gasteiger partial charge < -0.3 is 0 Å². The quantitative estimate of drug-likeness (QED) is 0.321. The fraction of sp³-hybridized carbons (Fsp3) is 0.0400. The number of hydrogen-bond donors (Lipinski definition) is 0. The molecule has 0 saturated carbocycles. The van der Waals surface area contributed by atoms with Crippen LogP contribution in [0.25, 0.3) is 0 Å². The van der Waals surface area contributed by atoms with Gasteiger partial charge in [0.15, 0.2) is 0 Å². The lowest BCUT2D eigenvalue weighted by molar-refractivity contribution is 0.551. The number of hydrogen-bond acceptors (Lipinski definition) is 2. The van der Waals surface area contributed by atoms with Crippen molar-refractivity contribution >= 4 is 33.4 Å². The normalized spacial score (nSPS) is 11.9. The number of benzene rings is 4. The lowest BCUT2D eigenvalue weighted by Crippen LogP contribution is -2.32. The summed E-state index contributed by atoms with van der Waals surface area (Å²) in [4.78, 5) is -0.253. The van der Waals surface area contributed by atoms with Gasteiger partial charge in [-0.15, -0.1) is 3.89 Å². The van der Waals surface area contributed by atoms with E-state index in [4.69, 9.17) is 0 Å². The van der Waals surface area contributed by atoms with E-state index in [0.29, 0.717) is 11.7 Å². The van der Waals surface area contributed by atoms with E-state index >= 15 is 0 Å². The van der Waals surface area contributed by atoms with Crippen LogP contribution in [0.2, 0.25) is 0 Å². The van der Waals surface area contributed by atoms with Gasteiger partial charge in [0.2, 0.25) is 0 Å². The van der Waals surface area contributed by atoms with Crippen molar-refractivity contribution in [3.05, 3.63) is 121 Å². The molecule has 4 aromatic carbocycles. The van der Waals surface area contributed by atoms with Crippen LogP contribution in [-0.2, 0) is 16.4 Å². The van der Waals surface area contributed by atoms with E-state index in [-0.39, 0.29) is 4.90 Å². The van der Waals surface area contributed by atoms with Crippen molar-refractivity contribution in [2.75, 3.05) is 0 Å². The molecule has 0 aromatic heterocycles. The van der Waals surface area contributed by atoms with E-state index < -0.39 is 17.5 Å². The maximum Gasteiger partial charge on any atom is 0.332 e. The molecule has 4 aromatic rings. The minimum atomic E-state index is -4.83. The van der Waals surface area contributed by atoms with Crippen molar-refractivity contribution in [2.24, 2.45) is 0 Å². The van der Waals surface area contributed by atoms with Gasteiger partial charge in [0.05, 0.1) is 6.16 Å². The highest BCUT2D eigenvalue weighted by Crippen LogP contribution is 2.58. The van der Waals surface area contributed by atoms with Crippen molar-refractivity contribution in [2.45, 2.75) is 11.1 Å². The molecule has 150 valence electrons. The summed E-state index contributed by atoms with van der Waals surface area (Å²) in [6.45, 7) is 0. The van der Waals surface area contributed by atoms with Gasteiger partial charge in [0.25, 0.3) is 0 Å². The first-order valence-electron chi connectivity index (χ1n) is 9.59. The van der Waals surface area contributed by atoms with Crippen molar-refractivity contribution in [3.8, 4) is 0 Å². The molecule has 0 aliphatic carbocycles. The molecule has 0 heterocycles. The Labute approximate surface area is 177 Å². The van der Waals surface area contributed by atoms with Gasteiger partial charge in [-0.2, -0.15) is 8.42 Å². The molecule has 0 amide bonds. The minimum Gasteiger partial charge on any atom is -0.189 e. The molecular formula is C25H21FO2PS+. The first kappa shape index (κ1) is 20.5.